The topological polar surface area (TPSA) is 66.1 Å². The van der Waals surface area contributed by atoms with Crippen LogP contribution >= 0.6 is 0 Å². The number of amides is 1. The van der Waals surface area contributed by atoms with Crippen molar-refractivity contribution in [3.63, 3.8) is 0 Å². The summed E-state index contributed by atoms with van der Waals surface area (Å²) in [6, 6.07) is 8.13. The van der Waals surface area contributed by atoms with E-state index in [1.165, 1.54) is 44.0 Å². The predicted octanol–water partition coefficient (Wildman–Crippen LogP) is 3.02. The molecule has 0 atom stereocenters. The van der Waals surface area contributed by atoms with Gasteiger partial charge in [0, 0.05) is 17.7 Å². The minimum atomic E-state index is -0.0890. The maximum atomic E-state index is 12.8. The zero-order chi connectivity index (χ0) is 17.2. The van der Waals surface area contributed by atoms with Gasteiger partial charge in [-0.25, -0.2) is 4.98 Å². The number of rotatable bonds is 2. The first kappa shape index (κ1) is 16.1. The molecule has 1 N–H and O–H groups in total. The lowest BCUT2D eigenvalue weighted by atomic mass is 9.84. The molecule has 0 unspecified atom stereocenters. The molecule has 2 aliphatic rings. The monoisotopic (exact) mass is 337 g/mol. The van der Waals surface area contributed by atoms with Gasteiger partial charge in [-0.05, 0) is 42.9 Å². The minimum absolute atomic E-state index is 0.0166. The van der Waals surface area contributed by atoms with Gasteiger partial charge < -0.3 is 9.88 Å². The van der Waals surface area contributed by atoms with E-state index in [1.807, 2.05) is 12.1 Å². The number of benzene rings is 1. The third-order valence-electron chi connectivity index (χ3n) is 5.53. The van der Waals surface area contributed by atoms with Crippen molar-refractivity contribution in [2.75, 3.05) is 6.54 Å². The number of carbonyl (C=O) groups excluding carboxylic acids is 1. The maximum Gasteiger partial charge on any atom is 0.254 e. The van der Waals surface area contributed by atoms with Gasteiger partial charge >= 0.3 is 0 Å². The molecule has 5 nitrogen and oxygen atoms in total. The van der Waals surface area contributed by atoms with Crippen molar-refractivity contribution in [3.05, 3.63) is 63.3 Å². The van der Waals surface area contributed by atoms with Crippen LogP contribution in [0, 0.1) is 0 Å². The van der Waals surface area contributed by atoms with Crippen LogP contribution < -0.4 is 5.56 Å². The zero-order valence-electron chi connectivity index (χ0n) is 14.3. The first-order valence-electron chi connectivity index (χ1n) is 9.17. The van der Waals surface area contributed by atoms with E-state index in [0.717, 1.165) is 0 Å². The SMILES string of the molecule is O=C(c1ccc(C2CCCCC2)cc1)N1CCc2c(nc[nH]c2=O)C1. The molecule has 0 saturated heterocycles. The van der Waals surface area contributed by atoms with E-state index in [1.54, 1.807) is 4.90 Å². The van der Waals surface area contributed by atoms with Crippen molar-refractivity contribution >= 4 is 5.91 Å². The smallest absolute Gasteiger partial charge is 0.254 e. The summed E-state index contributed by atoms with van der Waals surface area (Å²) in [4.78, 5) is 33.2. The maximum absolute atomic E-state index is 12.8. The molecule has 1 saturated carbocycles. The lowest BCUT2D eigenvalue weighted by molar-refractivity contribution is 0.0731. The van der Waals surface area contributed by atoms with Gasteiger partial charge in [-0.15, -0.1) is 0 Å². The highest BCUT2D eigenvalue weighted by Crippen LogP contribution is 2.32. The van der Waals surface area contributed by atoms with E-state index in [0.29, 0.717) is 42.2 Å². The highest BCUT2D eigenvalue weighted by Gasteiger charge is 2.24. The van der Waals surface area contributed by atoms with Crippen molar-refractivity contribution in [3.8, 4) is 0 Å². The van der Waals surface area contributed by atoms with Crippen LogP contribution in [-0.2, 0) is 13.0 Å². The molecule has 1 amide bonds. The van der Waals surface area contributed by atoms with Crippen LogP contribution in [0.2, 0.25) is 0 Å². The van der Waals surface area contributed by atoms with Crippen molar-refractivity contribution in [2.45, 2.75) is 51.0 Å². The lowest BCUT2D eigenvalue weighted by Gasteiger charge is -2.27. The van der Waals surface area contributed by atoms with E-state index in [2.05, 4.69) is 22.1 Å². The number of aromatic nitrogens is 2. The molecular weight excluding hydrogens is 314 g/mol. The molecule has 0 radical (unpaired) electrons. The van der Waals surface area contributed by atoms with Crippen LogP contribution in [0.5, 0.6) is 0 Å². The van der Waals surface area contributed by atoms with Crippen LogP contribution in [0.3, 0.4) is 0 Å². The summed E-state index contributed by atoms with van der Waals surface area (Å²) < 4.78 is 0. The number of hydrogen-bond acceptors (Lipinski definition) is 3. The number of carbonyl (C=O) groups is 1. The fourth-order valence-corrected chi connectivity index (χ4v) is 4.06. The summed E-state index contributed by atoms with van der Waals surface area (Å²) in [7, 11) is 0. The van der Waals surface area contributed by atoms with Crippen molar-refractivity contribution in [2.24, 2.45) is 0 Å². The lowest BCUT2D eigenvalue weighted by Crippen LogP contribution is -2.38. The molecule has 5 heteroatoms. The Morgan fingerprint density at radius 2 is 1.88 bits per heavy atom. The van der Waals surface area contributed by atoms with Gasteiger partial charge in [-0.1, -0.05) is 31.4 Å². The Bertz CT molecular complexity index is 820. The minimum Gasteiger partial charge on any atom is -0.332 e. The average molecular weight is 337 g/mol. The Kier molecular flexibility index (Phi) is 4.38. The fourth-order valence-electron chi connectivity index (χ4n) is 4.06. The largest absolute Gasteiger partial charge is 0.332 e. The van der Waals surface area contributed by atoms with Crippen molar-refractivity contribution < 1.29 is 4.79 Å². The molecule has 1 aromatic carbocycles. The van der Waals surface area contributed by atoms with E-state index in [-0.39, 0.29) is 11.5 Å². The molecule has 0 bridgehead atoms. The molecule has 1 fully saturated rings. The molecule has 130 valence electrons. The second-order valence-corrected chi connectivity index (χ2v) is 7.09. The van der Waals surface area contributed by atoms with Crippen LogP contribution in [0.4, 0.5) is 0 Å². The number of H-pyrrole nitrogens is 1. The molecule has 2 heterocycles. The van der Waals surface area contributed by atoms with Crippen molar-refractivity contribution in [1.82, 2.24) is 14.9 Å². The molecule has 0 spiro atoms. The molecule has 1 aliphatic carbocycles. The van der Waals surface area contributed by atoms with Crippen LogP contribution in [0.15, 0.2) is 35.4 Å². The Balaban J connectivity index is 1.48. The van der Waals surface area contributed by atoms with Gasteiger partial charge in [0.2, 0.25) is 0 Å². The summed E-state index contributed by atoms with van der Waals surface area (Å²) in [6.45, 7) is 0.966. The van der Waals surface area contributed by atoms with Crippen LogP contribution in [-0.4, -0.2) is 27.3 Å². The zero-order valence-corrected chi connectivity index (χ0v) is 14.3. The van der Waals surface area contributed by atoms with Gasteiger partial charge in [0.1, 0.15) is 0 Å². The second-order valence-electron chi connectivity index (χ2n) is 7.09. The van der Waals surface area contributed by atoms with Crippen molar-refractivity contribution in [1.29, 1.82) is 0 Å². The summed E-state index contributed by atoms with van der Waals surface area (Å²) >= 11 is 0. The summed E-state index contributed by atoms with van der Waals surface area (Å²) in [5.74, 6) is 0.665. The predicted molar refractivity (Wildman–Crippen MR) is 95.6 cm³/mol. The van der Waals surface area contributed by atoms with E-state index in [9.17, 15) is 9.59 Å². The number of nitrogens with one attached hydrogen (secondary N) is 1. The molecular formula is C20H23N3O2. The first-order chi connectivity index (χ1) is 12.2. The molecule has 1 aromatic heterocycles. The van der Waals surface area contributed by atoms with Gasteiger partial charge in [-0.2, -0.15) is 0 Å². The standard InChI is InChI=1S/C20H23N3O2/c24-19-17-10-11-23(12-18(17)21-13-22-19)20(25)16-8-6-15(7-9-16)14-4-2-1-3-5-14/h6-9,13-14H,1-5,10-12H2,(H,21,22,24). The number of hydrogen-bond donors (Lipinski definition) is 1. The Hall–Kier alpha value is -2.43. The first-order valence-corrected chi connectivity index (χ1v) is 9.17. The average Bonchev–Trinajstić information content (AvgIpc) is 2.68. The third kappa shape index (κ3) is 3.23. The second kappa shape index (κ2) is 6.82. The number of nitrogens with zero attached hydrogens (tertiary/aromatic N) is 2. The van der Waals surface area contributed by atoms with Crippen LogP contribution in [0.1, 0.15) is 65.2 Å². The quantitative estimate of drug-likeness (QED) is 0.916. The van der Waals surface area contributed by atoms with Gasteiger partial charge in [0.25, 0.3) is 11.5 Å². The Labute approximate surface area is 147 Å². The van der Waals surface area contributed by atoms with E-state index < -0.39 is 0 Å². The number of aromatic amines is 1. The highest BCUT2D eigenvalue weighted by molar-refractivity contribution is 5.94. The fraction of sp³-hybridized carbons (Fsp3) is 0.450. The van der Waals surface area contributed by atoms with Gasteiger partial charge in [0.05, 0.1) is 18.6 Å². The third-order valence-corrected chi connectivity index (χ3v) is 5.53. The Morgan fingerprint density at radius 3 is 2.64 bits per heavy atom. The van der Waals surface area contributed by atoms with Gasteiger partial charge in [-0.3, -0.25) is 9.59 Å². The van der Waals surface area contributed by atoms with Crippen LogP contribution in [0.25, 0.3) is 0 Å². The molecule has 1 aliphatic heterocycles. The van der Waals surface area contributed by atoms with Gasteiger partial charge in [0.15, 0.2) is 0 Å². The summed E-state index contributed by atoms with van der Waals surface area (Å²) in [5, 5.41) is 0. The molecule has 25 heavy (non-hydrogen) atoms. The number of fused-ring (bicyclic) bond motifs is 1. The van der Waals surface area contributed by atoms with E-state index in [4.69, 9.17) is 0 Å². The summed E-state index contributed by atoms with van der Waals surface area (Å²) in [5.41, 5.74) is 3.40. The Morgan fingerprint density at radius 1 is 1.12 bits per heavy atom. The molecule has 4 rings (SSSR count). The highest BCUT2D eigenvalue weighted by atomic mass is 16.2. The molecule has 2 aromatic rings. The summed E-state index contributed by atoms with van der Waals surface area (Å²) in [6.07, 6.45) is 8.46. The van der Waals surface area contributed by atoms with E-state index >= 15 is 0 Å². The normalized spacial score (nSPS) is 18.0.